The topological polar surface area (TPSA) is 66.4 Å². The second kappa shape index (κ2) is 5.25. The van der Waals surface area contributed by atoms with E-state index in [1.54, 1.807) is 0 Å². The fourth-order valence-electron chi connectivity index (χ4n) is 2.28. The molecule has 2 heterocycles. The molecule has 0 saturated carbocycles. The first-order valence-electron chi connectivity index (χ1n) is 5.80. The summed E-state index contributed by atoms with van der Waals surface area (Å²) in [4.78, 5) is 0. The predicted octanol–water partition coefficient (Wildman–Crippen LogP) is 0.0196. The lowest BCUT2D eigenvalue weighted by atomic mass is 10.1. The van der Waals surface area contributed by atoms with Gasteiger partial charge >= 0.3 is 0 Å². The highest BCUT2D eigenvalue weighted by Crippen LogP contribution is 2.24. The van der Waals surface area contributed by atoms with Gasteiger partial charge in [-0.05, 0) is 18.6 Å². The fourth-order valence-corrected chi connectivity index (χ4v) is 5.30. The molecule has 0 aromatic rings. The Kier molecular flexibility index (Phi) is 4.15. The first-order chi connectivity index (χ1) is 7.57. The average Bonchev–Trinajstić information content (AvgIpc) is 2.50. The Labute approximate surface area is 101 Å². The molecule has 6 heteroatoms. The highest BCUT2D eigenvalue weighted by atomic mass is 32.2. The maximum absolute atomic E-state index is 11.3. The van der Waals surface area contributed by atoms with Gasteiger partial charge in [-0.3, -0.25) is 0 Å². The molecule has 3 atom stereocenters. The van der Waals surface area contributed by atoms with E-state index in [0.29, 0.717) is 5.25 Å². The van der Waals surface area contributed by atoms with Crippen molar-refractivity contribution < 1.29 is 13.5 Å². The zero-order valence-corrected chi connectivity index (χ0v) is 10.9. The second-order valence-corrected chi connectivity index (χ2v) is 8.21. The number of nitrogens with one attached hydrogen (secondary N) is 1. The average molecular weight is 265 g/mol. The highest BCUT2D eigenvalue weighted by molar-refractivity contribution is 7.99. The Balaban J connectivity index is 1.77. The van der Waals surface area contributed by atoms with Crippen LogP contribution in [0.5, 0.6) is 0 Å². The van der Waals surface area contributed by atoms with E-state index in [-0.39, 0.29) is 17.5 Å². The lowest BCUT2D eigenvalue weighted by Crippen LogP contribution is -2.42. The van der Waals surface area contributed by atoms with Crippen molar-refractivity contribution >= 4 is 21.6 Å². The van der Waals surface area contributed by atoms with E-state index >= 15 is 0 Å². The Hall–Kier alpha value is 0.220. The summed E-state index contributed by atoms with van der Waals surface area (Å²) in [6, 6.07) is -0.257. The van der Waals surface area contributed by atoms with Gasteiger partial charge in [0.2, 0.25) is 0 Å². The van der Waals surface area contributed by atoms with Crippen molar-refractivity contribution in [2.45, 2.75) is 36.7 Å². The highest BCUT2D eigenvalue weighted by Gasteiger charge is 2.36. The Morgan fingerprint density at radius 2 is 2.12 bits per heavy atom. The van der Waals surface area contributed by atoms with Gasteiger partial charge in [0.05, 0.1) is 17.6 Å². The Bertz CT molecular complexity index is 325. The SMILES string of the molecule is O=S1(=O)CC(O)C(NCC2CCCCS2)C1. The van der Waals surface area contributed by atoms with Gasteiger partial charge in [0, 0.05) is 17.8 Å². The van der Waals surface area contributed by atoms with Crippen molar-refractivity contribution in [3.05, 3.63) is 0 Å². The van der Waals surface area contributed by atoms with E-state index in [4.69, 9.17) is 0 Å². The quantitative estimate of drug-likeness (QED) is 0.753. The molecule has 0 bridgehead atoms. The lowest BCUT2D eigenvalue weighted by Gasteiger charge is -2.24. The molecule has 16 heavy (non-hydrogen) atoms. The fraction of sp³-hybridized carbons (Fsp3) is 1.00. The zero-order valence-electron chi connectivity index (χ0n) is 9.26. The minimum absolute atomic E-state index is 0.0809. The summed E-state index contributed by atoms with van der Waals surface area (Å²) in [5.74, 6) is 1.21. The summed E-state index contributed by atoms with van der Waals surface area (Å²) in [5, 5.41) is 13.4. The van der Waals surface area contributed by atoms with E-state index in [9.17, 15) is 13.5 Å². The van der Waals surface area contributed by atoms with Crippen LogP contribution in [0.4, 0.5) is 0 Å². The molecule has 2 saturated heterocycles. The van der Waals surface area contributed by atoms with Crippen LogP contribution in [0.1, 0.15) is 19.3 Å². The lowest BCUT2D eigenvalue weighted by molar-refractivity contribution is 0.166. The zero-order chi connectivity index (χ0) is 11.6. The first-order valence-corrected chi connectivity index (χ1v) is 8.67. The summed E-state index contributed by atoms with van der Waals surface area (Å²) in [6.07, 6.45) is 3.04. The molecule has 0 spiro atoms. The molecule has 2 aliphatic rings. The molecule has 2 N–H and O–H groups in total. The van der Waals surface area contributed by atoms with Gasteiger partial charge in [0.1, 0.15) is 0 Å². The third kappa shape index (κ3) is 3.35. The molecule has 0 amide bonds. The minimum Gasteiger partial charge on any atom is -0.390 e. The molecule has 94 valence electrons. The van der Waals surface area contributed by atoms with Crippen molar-refractivity contribution in [2.75, 3.05) is 23.8 Å². The van der Waals surface area contributed by atoms with Crippen molar-refractivity contribution in [3.63, 3.8) is 0 Å². The molecule has 3 unspecified atom stereocenters. The third-order valence-corrected chi connectivity index (χ3v) is 6.32. The maximum atomic E-state index is 11.3. The number of aliphatic hydroxyl groups is 1. The number of aliphatic hydroxyl groups excluding tert-OH is 1. The van der Waals surface area contributed by atoms with Gasteiger partial charge in [0.25, 0.3) is 0 Å². The van der Waals surface area contributed by atoms with Gasteiger partial charge in [0.15, 0.2) is 9.84 Å². The summed E-state index contributed by atoms with van der Waals surface area (Å²) >= 11 is 1.95. The molecular formula is C10H19NO3S2. The summed E-state index contributed by atoms with van der Waals surface area (Å²) in [5.41, 5.74) is 0. The van der Waals surface area contributed by atoms with Crippen LogP contribution < -0.4 is 5.32 Å². The van der Waals surface area contributed by atoms with E-state index in [0.717, 1.165) is 6.54 Å². The number of hydrogen-bond acceptors (Lipinski definition) is 5. The molecular weight excluding hydrogens is 246 g/mol. The van der Waals surface area contributed by atoms with Crippen LogP contribution in [0.2, 0.25) is 0 Å². The monoisotopic (exact) mass is 265 g/mol. The van der Waals surface area contributed by atoms with E-state index in [1.807, 2.05) is 11.8 Å². The van der Waals surface area contributed by atoms with Crippen molar-refractivity contribution in [1.82, 2.24) is 5.32 Å². The van der Waals surface area contributed by atoms with Crippen molar-refractivity contribution in [3.8, 4) is 0 Å². The van der Waals surface area contributed by atoms with E-state index in [1.165, 1.54) is 25.0 Å². The number of thioether (sulfide) groups is 1. The van der Waals surface area contributed by atoms with Gasteiger partial charge in [-0.25, -0.2) is 8.42 Å². The molecule has 2 fully saturated rings. The Morgan fingerprint density at radius 3 is 2.69 bits per heavy atom. The van der Waals surface area contributed by atoms with Crippen LogP contribution in [0.3, 0.4) is 0 Å². The van der Waals surface area contributed by atoms with Gasteiger partial charge in [-0.15, -0.1) is 0 Å². The van der Waals surface area contributed by atoms with Crippen LogP contribution in [0.25, 0.3) is 0 Å². The molecule has 0 aromatic heterocycles. The van der Waals surface area contributed by atoms with Gasteiger partial charge in [-0.2, -0.15) is 11.8 Å². The summed E-state index contributed by atoms with van der Waals surface area (Å²) in [7, 11) is -3.02. The Morgan fingerprint density at radius 1 is 1.31 bits per heavy atom. The largest absolute Gasteiger partial charge is 0.390 e. The number of rotatable bonds is 3. The van der Waals surface area contributed by atoms with Crippen molar-refractivity contribution in [1.29, 1.82) is 0 Å². The minimum atomic E-state index is -3.02. The molecule has 2 rings (SSSR count). The molecule has 0 aliphatic carbocycles. The van der Waals surface area contributed by atoms with Crippen LogP contribution in [0.15, 0.2) is 0 Å². The van der Waals surface area contributed by atoms with Crippen LogP contribution in [-0.2, 0) is 9.84 Å². The smallest absolute Gasteiger partial charge is 0.154 e. The number of sulfone groups is 1. The summed E-state index contributed by atoms with van der Waals surface area (Å²) in [6.45, 7) is 0.821. The second-order valence-electron chi connectivity index (χ2n) is 4.65. The van der Waals surface area contributed by atoms with Gasteiger partial charge < -0.3 is 10.4 Å². The van der Waals surface area contributed by atoms with E-state index < -0.39 is 15.9 Å². The number of hydrogen-bond donors (Lipinski definition) is 2. The first kappa shape index (κ1) is 12.7. The van der Waals surface area contributed by atoms with Crippen LogP contribution >= 0.6 is 11.8 Å². The molecule has 0 radical (unpaired) electrons. The standard InChI is InChI=1S/C10H19NO3S2/c12-10-7-16(13,14)6-9(10)11-5-8-3-1-2-4-15-8/h8-12H,1-7H2. The normalized spacial score (nSPS) is 38.7. The van der Waals surface area contributed by atoms with Crippen molar-refractivity contribution in [2.24, 2.45) is 0 Å². The van der Waals surface area contributed by atoms with Gasteiger partial charge in [-0.1, -0.05) is 6.42 Å². The van der Waals surface area contributed by atoms with Crippen LogP contribution in [-0.4, -0.2) is 54.7 Å². The van der Waals surface area contributed by atoms with Crippen LogP contribution in [0, 0.1) is 0 Å². The molecule has 2 aliphatic heterocycles. The predicted molar refractivity (Wildman–Crippen MR) is 66.5 cm³/mol. The third-order valence-electron chi connectivity index (χ3n) is 3.20. The van der Waals surface area contributed by atoms with E-state index in [2.05, 4.69) is 5.32 Å². The maximum Gasteiger partial charge on any atom is 0.154 e. The molecule has 0 aromatic carbocycles. The molecule has 4 nitrogen and oxygen atoms in total. The summed E-state index contributed by atoms with van der Waals surface area (Å²) < 4.78 is 22.6.